The third-order valence-electron chi connectivity index (χ3n) is 4.71. The number of hydrogen-bond acceptors (Lipinski definition) is 7. The van der Waals surface area contributed by atoms with E-state index in [4.69, 9.17) is 21.1 Å². The summed E-state index contributed by atoms with van der Waals surface area (Å²) in [7, 11) is 1.31. The second-order valence-corrected chi connectivity index (χ2v) is 8.97. The van der Waals surface area contributed by atoms with Crippen molar-refractivity contribution in [2.45, 2.75) is 46.6 Å². The summed E-state index contributed by atoms with van der Waals surface area (Å²) in [6, 6.07) is 0. The van der Waals surface area contributed by atoms with E-state index in [9.17, 15) is 14.4 Å². The lowest BCUT2D eigenvalue weighted by Gasteiger charge is -2.08. The smallest absolute Gasteiger partial charge is 0.343 e. The van der Waals surface area contributed by atoms with Crippen molar-refractivity contribution < 1.29 is 23.9 Å². The van der Waals surface area contributed by atoms with Crippen LogP contribution in [0, 0.1) is 12.8 Å². The number of ether oxygens (including phenoxy) is 2. The maximum atomic E-state index is 12.5. The zero-order chi connectivity index (χ0) is 22.0. The largest absolute Gasteiger partial charge is 0.465 e. The minimum atomic E-state index is -0.718. The molecule has 0 saturated carbocycles. The van der Waals surface area contributed by atoms with Crippen LogP contribution in [0.4, 0.5) is 5.00 Å². The number of thiophene rings is 1. The molecule has 0 radical (unpaired) electrons. The van der Waals surface area contributed by atoms with Gasteiger partial charge in [0.25, 0.3) is 5.91 Å². The van der Waals surface area contributed by atoms with Gasteiger partial charge >= 0.3 is 11.9 Å². The maximum absolute atomic E-state index is 12.5. The molecule has 3 rings (SSSR count). The number of carbonyl (C=O) groups is 3. The monoisotopic (exact) mass is 453 g/mol. The topological polar surface area (TPSA) is 99.5 Å². The van der Waals surface area contributed by atoms with Crippen molar-refractivity contribution in [3.8, 4) is 0 Å². The van der Waals surface area contributed by atoms with Crippen LogP contribution in [-0.2, 0) is 33.7 Å². The van der Waals surface area contributed by atoms with E-state index in [0.29, 0.717) is 28.7 Å². The molecule has 0 fully saturated rings. The van der Waals surface area contributed by atoms with Gasteiger partial charge in [0.05, 0.1) is 18.4 Å². The summed E-state index contributed by atoms with van der Waals surface area (Å²) >= 11 is 7.63. The van der Waals surface area contributed by atoms with Crippen LogP contribution in [0.25, 0.3) is 0 Å². The van der Waals surface area contributed by atoms with Crippen LogP contribution in [0.3, 0.4) is 0 Å². The summed E-state index contributed by atoms with van der Waals surface area (Å²) in [5.41, 5.74) is 1.91. The molecular weight excluding hydrogens is 430 g/mol. The molecule has 30 heavy (non-hydrogen) atoms. The van der Waals surface area contributed by atoms with Crippen molar-refractivity contribution in [2.24, 2.45) is 5.92 Å². The molecule has 0 unspecified atom stereocenters. The van der Waals surface area contributed by atoms with Gasteiger partial charge in [0.1, 0.15) is 15.7 Å². The van der Waals surface area contributed by atoms with Crippen molar-refractivity contribution in [3.63, 3.8) is 0 Å². The number of aromatic nitrogens is 2. The van der Waals surface area contributed by atoms with Gasteiger partial charge in [0.2, 0.25) is 0 Å². The minimum Gasteiger partial charge on any atom is -0.465 e. The molecule has 0 spiro atoms. The number of esters is 2. The number of halogens is 1. The number of hydrogen-bond donors (Lipinski definition) is 1. The van der Waals surface area contributed by atoms with Crippen LogP contribution in [0.1, 0.15) is 57.1 Å². The van der Waals surface area contributed by atoms with E-state index in [0.717, 1.165) is 29.7 Å². The molecule has 0 aromatic carbocycles. The molecule has 1 aliphatic rings. The predicted molar refractivity (Wildman–Crippen MR) is 113 cm³/mol. The first-order valence-corrected chi connectivity index (χ1v) is 10.8. The molecular formula is C20H24ClN3O5S. The zero-order valence-electron chi connectivity index (χ0n) is 17.3. The normalized spacial score (nSPS) is 12.7. The molecule has 162 valence electrons. The quantitative estimate of drug-likeness (QED) is 0.642. The van der Waals surface area contributed by atoms with Crippen LogP contribution in [0.5, 0.6) is 0 Å². The minimum absolute atomic E-state index is 0.149. The molecule has 2 heterocycles. The van der Waals surface area contributed by atoms with Gasteiger partial charge in [0.15, 0.2) is 6.61 Å². The van der Waals surface area contributed by atoms with Gasteiger partial charge in [-0.05, 0) is 37.7 Å². The van der Waals surface area contributed by atoms with Gasteiger partial charge in [-0.2, -0.15) is 5.10 Å². The van der Waals surface area contributed by atoms with Crippen LogP contribution >= 0.6 is 22.9 Å². The zero-order valence-corrected chi connectivity index (χ0v) is 18.9. The van der Waals surface area contributed by atoms with Crippen molar-refractivity contribution in [3.05, 3.63) is 32.4 Å². The number of nitrogens with one attached hydrogen (secondary N) is 1. The Morgan fingerprint density at radius 2 is 1.97 bits per heavy atom. The summed E-state index contributed by atoms with van der Waals surface area (Å²) < 4.78 is 11.6. The number of methoxy groups -OCH3 is 1. The van der Waals surface area contributed by atoms with E-state index in [1.165, 1.54) is 18.4 Å². The Balaban J connectivity index is 1.67. The molecule has 1 N–H and O–H groups in total. The van der Waals surface area contributed by atoms with Gasteiger partial charge in [-0.25, -0.2) is 9.59 Å². The summed E-state index contributed by atoms with van der Waals surface area (Å²) in [6.07, 6.45) is 2.62. The third-order valence-corrected chi connectivity index (χ3v) is 6.30. The Kier molecular flexibility index (Phi) is 6.82. The first-order chi connectivity index (χ1) is 14.2. The van der Waals surface area contributed by atoms with Crippen molar-refractivity contribution in [1.29, 1.82) is 0 Å². The summed E-state index contributed by atoms with van der Waals surface area (Å²) in [6.45, 7) is 5.74. The van der Waals surface area contributed by atoms with Crippen molar-refractivity contribution >= 4 is 45.8 Å². The van der Waals surface area contributed by atoms with Crippen LogP contribution in [0.2, 0.25) is 5.15 Å². The van der Waals surface area contributed by atoms with Crippen molar-refractivity contribution in [1.82, 2.24) is 9.78 Å². The second-order valence-electron chi connectivity index (χ2n) is 7.50. The Hall–Kier alpha value is -2.39. The first kappa shape index (κ1) is 22.3. The third kappa shape index (κ3) is 4.52. The Labute approximate surface area is 183 Å². The molecule has 10 heteroatoms. The van der Waals surface area contributed by atoms with E-state index < -0.39 is 24.5 Å². The Bertz CT molecular complexity index is 995. The SMILES string of the molecule is COC(=O)c1c(NC(=O)COC(=O)c2c(C)nn(CC(C)C)c2Cl)sc2c1CCC2. The molecule has 1 aliphatic carbocycles. The number of fused-ring (bicyclic) bond motifs is 1. The highest BCUT2D eigenvalue weighted by molar-refractivity contribution is 7.17. The van der Waals surface area contributed by atoms with E-state index in [1.807, 2.05) is 13.8 Å². The van der Waals surface area contributed by atoms with Crippen LogP contribution in [-0.4, -0.2) is 41.3 Å². The number of anilines is 1. The summed E-state index contributed by atoms with van der Waals surface area (Å²) in [5.74, 6) is -1.45. The Morgan fingerprint density at radius 3 is 2.63 bits per heavy atom. The highest BCUT2D eigenvalue weighted by Gasteiger charge is 2.28. The lowest BCUT2D eigenvalue weighted by atomic mass is 10.1. The standard InChI is InChI=1S/C20H24ClN3O5S/c1-10(2)8-24-17(21)15(11(3)23-24)20(27)29-9-14(25)22-18-16(19(26)28-4)12-6-5-7-13(12)30-18/h10H,5-9H2,1-4H3,(H,22,25). The molecule has 2 aromatic rings. The number of carbonyl (C=O) groups excluding carboxylic acids is 3. The number of nitrogens with zero attached hydrogens (tertiary/aromatic N) is 2. The molecule has 1 amide bonds. The van der Waals surface area contributed by atoms with Crippen LogP contribution < -0.4 is 5.32 Å². The second kappa shape index (κ2) is 9.18. The van der Waals surface area contributed by atoms with E-state index in [1.54, 1.807) is 11.6 Å². The number of rotatable bonds is 7. The maximum Gasteiger partial charge on any atom is 0.343 e. The van der Waals surface area contributed by atoms with Crippen LogP contribution in [0.15, 0.2) is 0 Å². The highest BCUT2D eigenvalue weighted by Crippen LogP contribution is 2.39. The van der Waals surface area contributed by atoms with E-state index in [-0.39, 0.29) is 10.7 Å². The fraction of sp³-hybridized carbons (Fsp3) is 0.500. The molecule has 0 aliphatic heterocycles. The molecule has 8 nitrogen and oxygen atoms in total. The first-order valence-electron chi connectivity index (χ1n) is 9.65. The van der Waals surface area contributed by atoms with Crippen molar-refractivity contribution in [2.75, 3.05) is 19.0 Å². The van der Waals surface area contributed by atoms with Gasteiger partial charge in [0, 0.05) is 11.4 Å². The highest BCUT2D eigenvalue weighted by atomic mass is 35.5. The molecule has 2 aromatic heterocycles. The van der Waals surface area contributed by atoms with Gasteiger partial charge in [-0.1, -0.05) is 25.4 Å². The summed E-state index contributed by atoms with van der Waals surface area (Å²) in [5, 5.41) is 7.55. The molecule has 0 saturated heterocycles. The predicted octanol–water partition coefficient (Wildman–Crippen LogP) is 3.63. The fourth-order valence-electron chi connectivity index (χ4n) is 3.43. The fourth-order valence-corrected chi connectivity index (χ4v) is 5.04. The average Bonchev–Trinajstić information content (AvgIpc) is 3.32. The van der Waals surface area contributed by atoms with Gasteiger partial charge in [-0.15, -0.1) is 11.3 Å². The number of aryl methyl sites for hydroxylation is 2. The lowest BCUT2D eigenvalue weighted by Crippen LogP contribution is -2.22. The van der Waals surface area contributed by atoms with E-state index in [2.05, 4.69) is 10.4 Å². The van der Waals surface area contributed by atoms with Gasteiger partial charge < -0.3 is 14.8 Å². The molecule has 0 bridgehead atoms. The Morgan fingerprint density at radius 1 is 1.23 bits per heavy atom. The van der Waals surface area contributed by atoms with E-state index >= 15 is 0 Å². The van der Waals surface area contributed by atoms with Gasteiger partial charge in [-0.3, -0.25) is 9.48 Å². The molecule has 0 atom stereocenters. The lowest BCUT2D eigenvalue weighted by molar-refractivity contribution is -0.119. The average molecular weight is 454 g/mol. The number of amides is 1. The summed E-state index contributed by atoms with van der Waals surface area (Å²) in [4.78, 5) is 38.1.